The summed E-state index contributed by atoms with van der Waals surface area (Å²) in [6, 6.07) is 0. The third kappa shape index (κ3) is 2.12. The molecule has 0 spiro atoms. The minimum absolute atomic E-state index is 0.763. The fourth-order valence-corrected chi connectivity index (χ4v) is 3.50. The lowest BCUT2D eigenvalue weighted by Crippen LogP contribution is -1.99. The molecule has 2 aliphatic rings. The van der Waals surface area contributed by atoms with Crippen LogP contribution in [0.1, 0.15) is 66.2 Å². The van der Waals surface area contributed by atoms with Gasteiger partial charge in [-0.2, -0.15) is 0 Å². The Hall–Kier alpha value is -0.520. The van der Waals surface area contributed by atoms with E-state index in [1.165, 1.54) is 38.5 Å². The molecule has 0 saturated heterocycles. The van der Waals surface area contributed by atoms with Crippen molar-refractivity contribution < 1.29 is 0 Å². The summed E-state index contributed by atoms with van der Waals surface area (Å²) in [4.78, 5) is 0. The van der Waals surface area contributed by atoms with E-state index in [1.807, 2.05) is 0 Å². The summed E-state index contributed by atoms with van der Waals surface area (Å²) < 4.78 is 0. The van der Waals surface area contributed by atoms with Crippen LogP contribution in [0.4, 0.5) is 0 Å². The highest BCUT2D eigenvalue weighted by Crippen LogP contribution is 2.43. The SMILES string of the molecule is CC(C)C1=C(C2=C(C(C)C)CCC2)CCC1. The maximum atomic E-state index is 2.37. The lowest BCUT2D eigenvalue weighted by molar-refractivity contribution is 0.720. The summed E-state index contributed by atoms with van der Waals surface area (Å²) in [6.45, 7) is 9.47. The van der Waals surface area contributed by atoms with Gasteiger partial charge in [0, 0.05) is 0 Å². The zero-order valence-electron chi connectivity index (χ0n) is 11.4. The highest BCUT2D eigenvalue weighted by molar-refractivity contribution is 5.44. The van der Waals surface area contributed by atoms with Gasteiger partial charge in [-0.3, -0.25) is 0 Å². The second kappa shape index (κ2) is 4.77. The molecular formula is C16H26. The van der Waals surface area contributed by atoms with E-state index in [0.29, 0.717) is 0 Å². The van der Waals surface area contributed by atoms with E-state index in [1.54, 1.807) is 22.3 Å². The molecule has 0 unspecified atom stereocenters. The Labute approximate surface area is 101 Å². The number of rotatable bonds is 3. The minimum Gasteiger partial charge on any atom is -0.0642 e. The molecule has 0 aromatic heterocycles. The Morgan fingerprint density at radius 3 is 1.31 bits per heavy atom. The number of hydrogen-bond donors (Lipinski definition) is 0. The summed E-state index contributed by atoms with van der Waals surface area (Å²) in [5, 5.41) is 0. The largest absolute Gasteiger partial charge is 0.0642 e. The topological polar surface area (TPSA) is 0 Å². The van der Waals surface area contributed by atoms with E-state index in [-0.39, 0.29) is 0 Å². The van der Waals surface area contributed by atoms with Crippen LogP contribution in [0.5, 0.6) is 0 Å². The fourth-order valence-electron chi connectivity index (χ4n) is 3.50. The average Bonchev–Trinajstić information content (AvgIpc) is 2.85. The zero-order chi connectivity index (χ0) is 11.7. The van der Waals surface area contributed by atoms with Crippen molar-refractivity contribution >= 4 is 0 Å². The van der Waals surface area contributed by atoms with Crippen LogP contribution in [0.15, 0.2) is 22.3 Å². The van der Waals surface area contributed by atoms with Crippen molar-refractivity contribution in [1.82, 2.24) is 0 Å². The molecule has 0 heterocycles. The molecule has 0 nitrogen and oxygen atoms in total. The first-order chi connectivity index (χ1) is 7.61. The Morgan fingerprint density at radius 2 is 1.00 bits per heavy atom. The van der Waals surface area contributed by atoms with Gasteiger partial charge in [-0.15, -0.1) is 0 Å². The van der Waals surface area contributed by atoms with Crippen LogP contribution in [0.25, 0.3) is 0 Å². The normalized spacial score (nSPS) is 22.1. The van der Waals surface area contributed by atoms with Crippen LogP contribution in [0.2, 0.25) is 0 Å². The fraction of sp³-hybridized carbons (Fsp3) is 0.750. The van der Waals surface area contributed by atoms with Crippen molar-refractivity contribution in [3.05, 3.63) is 22.3 Å². The maximum absolute atomic E-state index is 2.37. The van der Waals surface area contributed by atoms with Crippen molar-refractivity contribution in [2.24, 2.45) is 11.8 Å². The Kier molecular flexibility index (Phi) is 3.56. The minimum atomic E-state index is 0.763. The Balaban J connectivity index is 2.36. The molecular weight excluding hydrogens is 192 g/mol. The summed E-state index contributed by atoms with van der Waals surface area (Å²) in [5.41, 5.74) is 7.09. The van der Waals surface area contributed by atoms with Crippen LogP contribution in [-0.4, -0.2) is 0 Å². The van der Waals surface area contributed by atoms with Crippen molar-refractivity contribution in [2.75, 3.05) is 0 Å². The molecule has 0 amide bonds. The van der Waals surface area contributed by atoms with Gasteiger partial charge in [0.15, 0.2) is 0 Å². The van der Waals surface area contributed by atoms with Crippen LogP contribution in [0.3, 0.4) is 0 Å². The van der Waals surface area contributed by atoms with E-state index in [0.717, 1.165) is 11.8 Å². The third-order valence-electron chi connectivity index (χ3n) is 4.28. The molecule has 0 atom stereocenters. The van der Waals surface area contributed by atoms with Gasteiger partial charge in [-0.05, 0) is 61.5 Å². The Bertz CT molecular complexity index is 292. The predicted molar refractivity (Wildman–Crippen MR) is 71.4 cm³/mol. The van der Waals surface area contributed by atoms with E-state index in [4.69, 9.17) is 0 Å². The van der Waals surface area contributed by atoms with Gasteiger partial charge < -0.3 is 0 Å². The van der Waals surface area contributed by atoms with Crippen molar-refractivity contribution in [1.29, 1.82) is 0 Å². The first-order valence-corrected chi connectivity index (χ1v) is 7.05. The maximum Gasteiger partial charge on any atom is -0.0254 e. The van der Waals surface area contributed by atoms with Crippen molar-refractivity contribution in [2.45, 2.75) is 66.2 Å². The second-order valence-electron chi connectivity index (χ2n) is 6.02. The molecule has 0 fully saturated rings. The quantitative estimate of drug-likeness (QED) is 0.606. The third-order valence-corrected chi connectivity index (χ3v) is 4.28. The summed E-state index contributed by atoms with van der Waals surface area (Å²) >= 11 is 0. The van der Waals surface area contributed by atoms with Gasteiger partial charge in [-0.25, -0.2) is 0 Å². The molecule has 0 aliphatic heterocycles. The molecule has 0 N–H and O–H groups in total. The van der Waals surface area contributed by atoms with Crippen LogP contribution in [0, 0.1) is 11.8 Å². The second-order valence-corrected chi connectivity index (χ2v) is 6.02. The van der Waals surface area contributed by atoms with Gasteiger partial charge in [0.2, 0.25) is 0 Å². The smallest absolute Gasteiger partial charge is 0.0254 e. The molecule has 16 heavy (non-hydrogen) atoms. The zero-order valence-corrected chi connectivity index (χ0v) is 11.4. The standard InChI is InChI=1S/C16H26/c1-11(2)13-7-5-9-15(13)16-10-6-8-14(16)12(3)4/h11-12H,5-10H2,1-4H3. The molecule has 90 valence electrons. The highest BCUT2D eigenvalue weighted by atomic mass is 14.3. The van der Waals surface area contributed by atoms with Crippen molar-refractivity contribution in [3.8, 4) is 0 Å². The van der Waals surface area contributed by atoms with E-state index in [9.17, 15) is 0 Å². The van der Waals surface area contributed by atoms with Gasteiger partial charge in [0.25, 0.3) is 0 Å². The summed E-state index contributed by atoms with van der Waals surface area (Å²) in [7, 11) is 0. The van der Waals surface area contributed by atoms with Gasteiger partial charge >= 0.3 is 0 Å². The molecule has 0 heteroatoms. The number of allylic oxidation sites excluding steroid dienone is 4. The predicted octanol–water partition coefficient (Wildman–Crippen LogP) is 5.26. The lowest BCUT2D eigenvalue weighted by atomic mass is 9.90. The molecule has 0 bridgehead atoms. The molecule has 0 radical (unpaired) electrons. The van der Waals surface area contributed by atoms with Gasteiger partial charge in [-0.1, -0.05) is 38.8 Å². The van der Waals surface area contributed by atoms with Gasteiger partial charge in [0.1, 0.15) is 0 Å². The summed E-state index contributed by atoms with van der Waals surface area (Å²) in [5.74, 6) is 1.53. The summed E-state index contributed by atoms with van der Waals surface area (Å²) in [6.07, 6.45) is 8.25. The molecule has 2 rings (SSSR count). The van der Waals surface area contributed by atoms with Crippen LogP contribution < -0.4 is 0 Å². The van der Waals surface area contributed by atoms with E-state index in [2.05, 4.69) is 27.7 Å². The molecule has 2 aliphatic carbocycles. The molecule has 0 saturated carbocycles. The van der Waals surface area contributed by atoms with Gasteiger partial charge in [0.05, 0.1) is 0 Å². The average molecular weight is 218 g/mol. The van der Waals surface area contributed by atoms with E-state index >= 15 is 0 Å². The van der Waals surface area contributed by atoms with E-state index < -0.39 is 0 Å². The number of hydrogen-bond acceptors (Lipinski definition) is 0. The first kappa shape index (κ1) is 12.0. The molecule has 0 aromatic carbocycles. The first-order valence-electron chi connectivity index (χ1n) is 7.05. The highest BCUT2D eigenvalue weighted by Gasteiger charge is 2.25. The Morgan fingerprint density at radius 1 is 0.625 bits per heavy atom. The van der Waals surface area contributed by atoms with Crippen LogP contribution >= 0.6 is 0 Å². The van der Waals surface area contributed by atoms with Crippen molar-refractivity contribution in [3.63, 3.8) is 0 Å². The monoisotopic (exact) mass is 218 g/mol. The molecule has 0 aromatic rings. The lowest BCUT2D eigenvalue weighted by Gasteiger charge is -2.16. The van der Waals surface area contributed by atoms with Crippen LogP contribution in [-0.2, 0) is 0 Å².